The van der Waals surface area contributed by atoms with Crippen molar-refractivity contribution in [2.45, 2.75) is 32.2 Å². The Kier molecular flexibility index (Phi) is 3.97. The lowest BCUT2D eigenvalue weighted by molar-refractivity contribution is 0.176. The summed E-state index contributed by atoms with van der Waals surface area (Å²) in [7, 11) is 1.33. The number of alkyl carbamates (subject to hydrolysis) is 1. The van der Waals surface area contributed by atoms with Crippen LogP contribution in [0.15, 0.2) is 29.3 Å². The van der Waals surface area contributed by atoms with Crippen LogP contribution in [0.4, 0.5) is 4.79 Å². The van der Waals surface area contributed by atoms with Gasteiger partial charge in [0.1, 0.15) is 0 Å². The lowest BCUT2D eigenvalue weighted by Crippen LogP contribution is -2.39. The van der Waals surface area contributed by atoms with Gasteiger partial charge >= 0.3 is 6.09 Å². The predicted molar refractivity (Wildman–Crippen MR) is 78.9 cm³/mol. The highest BCUT2D eigenvalue weighted by Crippen LogP contribution is 2.24. The normalized spacial score (nSPS) is 18.2. The molecule has 0 bridgehead atoms. The van der Waals surface area contributed by atoms with Gasteiger partial charge in [0, 0.05) is 0 Å². The van der Waals surface area contributed by atoms with E-state index in [1.807, 2.05) is 0 Å². The fraction of sp³-hybridized carbons (Fsp3) is 0.467. The summed E-state index contributed by atoms with van der Waals surface area (Å²) < 4.78 is 4.54. The van der Waals surface area contributed by atoms with E-state index in [1.54, 1.807) is 0 Å². The van der Waals surface area contributed by atoms with E-state index in [-0.39, 0.29) is 11.5 Å². The van der Waals surface area contributed by atoms with Gasteiger partial charge in [-0.2, -0.15) is 0 Å². The number of ether oxygens (including phenoxy) is 1. The minimum absolute atomic E-state index is 0.0937. The van der Waals surface area contributed by atoms with Crippen LogP contribution in [0.25, 0.3) is 0 Å². The third kappa shape index (κ3) is 3.29. The Morgan fingerprint density at radius 3 is 2.55 bits per heavy atom. The smallest absolute Gasteiger partial charge is 0.413 e. The van der Waals surface area contributed by atoms with Crippen LogP contribution in [0.2, 0.25) is 0 Å². The molecule has 5 nitrogen and oxygen atoms in total. The van der Waals surface area contributed by atoms with Crippen molar-refractivity contribution < 1.29 is 9.53 Å². The zero-order valence-corrected chi connectivity index (χ0v) is 12.4. The molecule has 1 unspecified atom stereocenters. The van der Waals surface area contributed by atoms with Gasteiger partial charge in [-0.25, -0.2) is 4.79 Å². The van der Waals surface area contributed by atoms with E-state index in [0.717, 1.165) is 5.56 Å². The molecule has 5 heteroatoms. The van der Waals surface area contributed by atoms with Crippen molar-refractivity contribution in [2.75, 3.05) is 13.7 Å². The lowest BCUT2D eigenvalue weighted by atomic mass is 9.86. The van der Waals surface area contributed by atoms with Crippen LogP contribution in [-0.4, -0.2) is 25.7 Å². The Labute approximate surface area is 119 Å². The summed E-state index contributed by atoms with van der Waals surface area (Å²) >= 11 is 0. The molecule has 1 aliphatic heterocycles. The third-order valence-electron chi connectivity index (χ3n) is 3.33. The number of carbonyl (C=O) groups is 1. The van der Waals surface area contributed by atoms with Crippen LogP contribution in [0.3, 0.4) is 0 Å². The molecule has 1 heterocycles. The molecule has 1 aromatic rings. The average Bonchev–Trinajstić information content (AvgIpc) is 2.86. The Hall–Kier alpha value is -2.04. The van der Waals surface area contributed by atoms with Crippen LogP contribution < -0.4 is 10.6 Å². The molecule has 0 saturated carbocycles. The molecule has 1 aromatic carbocycles. The first-order valence-electron chi connectivity index (χ1n) is 6.66. The van der Waals surface area contributed by atoms with Crippen LogP contribution in [0, 0.1) is 0 Å². The summed E-state index contributed by atoms with van der Waals surface area (Å²) in [4.78, 5) is 15.4. The molecule has 108 valence electrons. The van der Waals surface area contributed by atoms with Gasteiger partial charge < -0.3 is 10.1 Å². The number of carbonyl (C=O) groups excluding carboxylic acids is 1. The summed E-state index contributed by atoms with van der Waals surface area (Å²) in [5, 5.41) is 5.71. The van der Waals surface area contributed by atoms with E-state index in [0.29, 0.717) is 12.5 Å². The Bertz CT molecular complexity index is 515. The fourth-order valence-electron chi connectivity index (χ4n) is 2.07. The molecule has 1 atom stereocenters. The van der Waals surface area contributed by atoms with Gasteiger partial charge in [0.2, 0.25) is 5.96 Å². The molecule has 20 heavy (non-hydrogen) atoms. The predicted octanol–water partition coefficient (Wildman–Crippen LogP) is 2.34. The van der Waals surface area contributed by atoms with E-state index >= 15 is 0 Å². The average molecular weight is 275 g/mol. The van der Waals surface area contributed by atoms with Crippen LogP contribution >= 0.6 is 0 Å². The van der Waals surface area contributed by atoms with Gasteiger partial charge in [-0.1, -0.05) is 45.0 Å². The molecular weight excluding hydrogens is 254 g/mol. The molecule has 0 radical (unpaired) electrons. The Balaban J connectivity index is 2.00. The second kappa shape index (κ2) is 5.53. The van der Waals surface area contributed by atoms with E-state index in [4.69, 9.17) is 0 Å². The minimum Gasteiger partial charge on any atom is -0.453 e. The quantitative estimate of drug-likeness (QED) is 0.827. The number of guanidine groups is 1. The zero-order valence-electron chi connectivity index (χ0n) is 12.4. The fourth-order valence-corrected chi connectivity index (χ4v) is 2.07. The van der Waals surface area contributed by atoms with Crippen molar-refractivity contribution in [3.8, 4) is 0 Å². The van der Waals surface area contributed by atoms with E-state index < -0.39 is 6.09 Å². The largest absolute Gasteiger partial charge is 0.453 e. The van der Waals surface area contributed by atoms with Crippen LogP contribution in [-0.2, 0) is 10.2 Å². The SMILES string of the molecule is COC(=O)NC1=NCC(c2ccc(C(C)(C)C)cc2)N1. The molecule has 0 spiro atoms. The number of nitrogens with zero attached hydrogens (tertiary/aromatic N) is 1. The summed E-state index contributed by atoms with van der Waals surface area (Å²) in [6.45, 7) is 7.18. The second-order valence-corrected chi connectivity index (χ2v) is 5.87. The molecule has 2 N–H and O–H groups in total. The van der Waals surface area contributed by atoms with E-state index in [1.165, 1.54) is 12.7 Å². The Morgan fingerprint density at radius 1 is 1.35 bits per heavy atom. The van der Waals surface area contributed by atoms with Crippen molar-refractivity contribution in [3.05, 3.63) is 35.4 Å². The van der Waals surface area contributed by atoms with Gasteiger partial charge in [-0.15, -0.1) is 0 Å². The highest BCUT2D eigenvalue weighted by Gasteiger charge is 2.21. The number of methoxy groups -OCH3 is 1. The number of hydrogen-bond donors (Lipinski definition) is 2. The van der Waals surface area contributed by atoms with Crippen molar-refractivity contribution in [1.82, 2.24) is 10.6 Å². The molecule has 2 rings (SSSR count). The minimum atomic E-state index is -0.514. The Morgan fingerprint density at radius 2 is 2.00 bits per heavy atom. The maximum absolute atomic E-state index is 11.1. The first-order valence-corrected chi connectivity index (χ1v) is 6.66. The van der Waals surface area contributed by atoms with Gasteiger partial charge in [-0.05, 0) is 16.5 Å². The van der Waals surface area contributed by atoms with Crippen LogP contribution in [0.5, 0.6) is 0 Å². The lowest BCUT2D eigenvalue weighted by Gasteiger charge is -2.20. The van der Waals surface area contributed by atoms with Gasteiger partial charge in [0.15, 0.2) is 0 Å². The van der Waals surface area contributed by atoms with Gasteiger partial charge in [-0.3, -0.25) is 10.3 Å². The number of aliphatic imine (C=N–C) groups is 1. The molecule has 0 fully saturated rings. The first kappa shape index (κ1) is 14.4. The molecule has 0 saturated heterocycles. The molecule has 1 aliphatic rings. The van der Waals surface area contributed by atoms with Crippen molar-refractivity contribution in [2.24, 2.45) is 4.99 Å². The zero-order chi connectivity index (χ0) is 14.8. The van der Waals surface area contributed by atoms with Crippen molar-refractivity contribution >= 4 is 12.1 Å². The van der Waals surface area contributed by atoms with Gasteiger partial charge in [0.05, 0.1) is 19.7 Å². The monoisotopic (exact) mass is 275 g/mol. The molecule has 0 aromatic heterocycles. The van der Waals surface area contributed by atoms with Crippen molar-refractivity contribution in [1.29, 1.82) is 0 Å². The topological polar surface area (TPSA) is 62.7 Å². The summed E-state index contributed by atoms with van der Waals surface area (Å²) in [6, 6.07) is 8.59. The first-order chi connectivity index (χ1) is 9.40. The number of hydrogen-bond acceptors (Lipinski definition) is 4. The molecular formula is C15H21N3O2. The molecule has 0 aliphatic carbocycles. The maximum atomic E-state index is 11.1. The second-order valence-electron chi connectivity index (χ2n) is 5.87. The van der Waals surface area contributed by atoms with Crippen LogP contribution in [0.1, 0.15) is 37.9 Å². The van der Waals surface area contributed by atoms with E-state index in [2.05, 4.69) is 65.4 Å². The highest BCUT2D eigenvalue weighted by atomic mass is 16.5. The standard InChI is InChI=1S/C15H21N3O2/c1-15(2,3)11-7-5-10(6-8-11)12-9-16-13(17-12)18-14(19)20-4/h5-8,12H,9H2,1-4H3,(H2,16,17,18,19). The van der Waals surface area contributed by atoms with E-state index in [9.17, 15) is 4.79 Å². The number of benzene rings is 1. The number of amides is 1. The summed E-state index contributed by atoms with van der Waals surface area (Å²) in [5.41, 5.74) is 2.60. The maximum Gasteiger partial charge on any atom is 0.413 e. The number of nitrogens with one attached hydrogen (secondary N) is 2. The third-order valence-corrected chi connectivity index (χ3v) is 3.33. The molecule has 1 amide bonds. The number of rotatable bonds is 1. The van der Waals surface area contributed by atoms with Crippen molar-refractivity contribution in [3.63, 3.8) is 0 Å². The van der Waals surface area contributed by atoms with Gasteiger partial charge in [0.25, 0.3) is 0 Å². The summed E-state index contributed by atoms with van der Waals surface area (Å²) in [6.07, 6.45) is -0.514. The highest BCUT2D eigenvalue weighted by molar-refractivity contribution is 5.94. The summed E-state index contributed by atoms with van der Waals surface area (Å²) in [5.74, 6) is 0.460.